The Morgan fingerprint density at radius 2 is 1.53 bits per heavy atom. The van der Waals surface area contributed by atoms with Gasteiger partial charge >= 0.3 is 0 Å². The van der Waals surface area contributed by atoms with Crippen molar-refractivity contribution >= 4 is 10.8 Å². The maximum absolute atomic E-state index is 12.2. The molecule has 0 saturated heterocycles. The van der Waals surface area contributed by atoms with Crippen molar-refractivity contribution in [2.24, 2.45) is 0 Å². The predicted molar refractivity (Wildman–Crippen MR) is 72.5 cm³/mol. The molecule has 2 heteroatoms. The summed E-state index contributed by atoms with van der Waals surface area (Å²) in [6, 6.07) is 16.1. The fourth-order valence-electron chi connectivity index (χ4n) is 1.87. The summed E-state index contributed by atoms with van der Waals surface area (Å²) in [5.41, 5.74) is 3.45. The van der Waals surface area contributed by atoms with E-state index >= 15 is 0 Å². The van der Waals surface area contributed by atoms with Crippen molar-refractivity contribution in [3.8, 4) is 0 Å². The molecule has 0 spiro atoms. The Kier molecular flexibility index (Phi) is 3.75. The van der Waals surface area contributed by atoms with Crippen molar-refractivity contribution in [2.75, 3.05) is 0 Å². The summed E-state index contributed by atoms with van der Waals surface area (Å²) >= 11 is 0. The minimum Gasteiger partial charge on any atom is -0.254 e. The van der Waals surface area contributed by atoms with Gasteiger partial charge in [0.05, 0.1) is 16.6 Å². The van der Waals surface area contributed by atoms with E-state index in [1.165, 1.54) is 11.1 Å². The maximum atomic E-state index is 12.2. The quantitative estimate of drug-likeness (QED) is 0.806. The minimum atomic E-state index is -0.955. The van der Waals surface area contributed by atoms with Crippen LogP contribution in [-0.4, -0.2) is 4.21 Å². The molecule has 0 aliphatic rings. The summed E-state index contributed by atoms with van der Waals surface area (Å²) < 4.78 is 12.2. The van der Waals surface area contributed by atoms with Gasteiger partial charge in [-0.1, -0.05) is 36.4 Å². The summed E-state index contributed by atoms with van der Waals surface area (Å²) in [4.78, 5) is 0.923. The molecule has 0 amide bonds. The highest BCUT2D eigenvalue weighted by atomic mass is 32.2. The molecule has 0 radical (unpaired) electrons. The lowest BCUT2D eigenvalue weighted by molar-refractivity contribution is 0.682. The molecule has 1 unspecified atom stereocenters. The SMILES string of the molecule is Cc1cc(C)cc(S(=O)Cc2ccccc2)c1. The van der Waals surface area contributed by atoms with Gasteiger partial charge in [0.25, 0.3) is 0 Å². The van der Waals surface area contributed by atoms with Crippen LogP contribution in [0.15, 0.2) is 53.4 Å². The van der Waals surface area contributed by atoms with Gasteiger partial charge in [0.2, 0.25) is 0 Å². The monoisotopic (exact) mass is 244 g/mol. The topological polar surface area (TPSA) is 17.1 Å². The fraction of sp³-hybridized carbons (Fsp3) is 0.200. The van der Waals surface area contributed by atoms with Gasteiger partial charge in [-0.15, -0.1) is 0 Å². The van der Waals surface area contributed by atoms with Crippen molar-refractivity contribution < 1.29 is 4.21 Å². The van der Waals surface area contributed by atoms with Crippen LogP contribution in [0.4, 0.5) is 0 Å². The second kappa shape index (κ2) is 5.28. The second-order valence-corrected chi connectivity index (χ2v) is 5.75. The predicted octanol–water partition coefficient (Wildman–Crippen LogP) is 3.61. The average Bonchev–Trinajstić information content (AvgIpc) is 2.29. The van der Waals surface area contributed by atoms with E-state index in [-0.39, 0.29) is 0 Å². The van der Waals surface area contributed by atoms with Crippen molar-refractivity contribution in [3.63, 3.8) is 0 Å². The number of aryl methyl sites for hydroxylation is 2. The van der Waals surface area contributed by atoms with E-state index < -0.39 is 10.8 Å². The molecule has 1 nitrogen and oxygen atoms in total. The van der Waals surface area contributed by atoms with Gasteiger partial charge in [0.1, 0.15) is 0 Å². The van der Waals surface area contributed by atoms with Crippen LogP contribution < -0.4 is 0 Å². The Hall–Kier alpha value is -1.41. The van der Waals surface area contributed by atoms with E-state index in [1.54, 1.807) is 0 Å². The number of rotatable bonds is 3. The van der Waals surface area contributed by atoms with Crippen molar-refractivity contribution in [3.05, 3.63) is 65.2 Å². The first-order valence-corrected chi connectivity index (χ1v) is 6.97. The van der Waals surface area contributed by atoms with Crippen LogP contribution in [0.3, 0.4) is 0 Å². The normalized spacial score (nSPS) is 12.4. The van der Waals surface area contributed by atoms with E-state index in [0.29, 0.717) is 5.75 Å². The first-order chi connectivity index (χ1) is 8.15. The Labute approximate surface area is 105 Å². The van der Waals surface area contributed by atoms with Crippen LogP contribution >= 0.6 is 0 Å². The lowest BCUT2D eigenvalue weighted by Crippen LogP contribution is -1.97. The molecule has 2 aromatic rings. The van der Waals surface area contributed by atoms with Crippen molar-refractivity contribution in [1.82, 2.24) is 0 Å². The molecule has 0 aliphatic heterocycles. The van der Waals surface area contributed by atoms with Crippen molar-refractivity contribution in [2.45, 2.75) is 24.5 Å². The lowest BCUT2D eigenvalue weighted by atomic mass is 10.2. The zero-order valence-electron chi connectivity index (χ0n) is 10.1. The highest BCUT2D eigenvalue weighted by Gasteiger charge is 2.06. The Morgan fingerprint density at radius 3 is 2.12 bits per heavy atom. The van der Waals surface area contributed by atoms with Gasteiger partial charge in [-0.2, -0.15) is 0 Å². The molecular weight excluding hydrogens is 228 g/mol. The Bertz CT molecular complexity index is 512. The first kappa shape index (κ1) is 12.1. The molecular formula is C15H16OS. The summed E-state index contributed by atoms with van der Waals surface area (Å²) in [6.45, 7) is 4.08. The highest BCUT2D eigenvalue weighted by Crippen LogP contribution is 2.16. The molecule has 0 fully saturated rings. The zero-order chi connectivity index (χ0) is 12.3. The molecule has 0 saturated carbocycles. The summed E-state index contributed by atoms with van der Waals surface area (Å²) in [6.07, 6.45) is 0. The summed E-state index contributed by atoms with van der Waals surface area (Å²) in [5, 5.41) is 0. The third-order valence-corrected chi connectivity index (χ3v) is 3.96. The van der Waals surface area contributed by atoms with Gasteiger partial charge in [0, 0.05) is 4.90 Å². The molecule has 0 N–H and O–H groups in total. The standard InChI is InChI=1S/C15H16OS/c1-12-8-13(2)10-15(9-12)17(16)11-14-6-4-3-5-7-14/h3-10H,11H2,1-2H3. The van der Waals surface area contributed by atoms with Crippen LogP contribution in [0.2, 0.25) is 0 Å². The molecule has 0 aliphatic carbocycles. The first-order valence-electron chi connectivity index (χ1n) is 5.66. The second-order valence-electron chi connectivity index (χ2n) is 4.30. The molecule has 0 aromatic heterocycles. The highest BCUT2D eigenvalue weighted by molar-refractivity contribution is 7.84. The molecule has 0 heterocycles. The fourth-order valence-corrected chi connectivity index (χ4v) is 3.17. The van der Waals surface area contributed by atoms with Crippen LogP contribution in [0.25, 0.3) is 0 Å². The summed E-state index contributed by atoms with van der Waals surface area (Å²) in [7, 11) is -0.955. The van der Waals surface area contributed by atoms with E-state index in [0.717, 1.165) is 10.5 Å². The molecule has 2 aromatic carbocycles. The molecule has 1 atom stereocenters. The average molecular weight is 244 g/mol. The maximum Gasteiger partial charge on any atom is 0.0574 e. The van der Waals surface area contributed by atoms with Gasteiger partial charge < -0.3 is 0 Å². The zero-order valence-corrected chi connectivity index (χ0v) is 11.0. The molecule has 2 rings (SSSR count). The van der Waals surface area contributed by atoms with Gasteiger partial charge in [-0.05, 0) is 42.7 Å². The third-order valence-electron chi connectivity index (χ3n) is 2.60. The van der Waals surface area contributed by atoms with Crippen LogP contribution in [0.1, 0.15) is 16.7 Å². The molecule has 17 heavy (non-hydrogen) atoms. The number of hydrogen-bond acceptors (Lipinski definition) is 1. The molecule has 0 bridgehead atoms. The number of hydrogen-bond donors (Lipinski definition) is 0. The van der Waals surface area contributed by atoms with Crippen molar-refractivity contribution in [1.29, 1.82) is 0 Å². The van der Waals surface area contributed by atoms with Crippen LogP contribution in [-0.2, 0) is 16.6 Å². The van der Waals surface area contributed by atoms with Gasteiger partial charge in [-0.25, -0.2) is 0 Å². The van der Waals surface area contributed by atoms with Crippen LogP contribution in [0.5, 0.6) is 0 Å². The molecule has 88 valence electrons. The Morgan fingerprint density at radius 1 is 0.941 bits per heavy atom. The summed E-state index contributed by atoms with van der Waals surface area (Å²) in [5.74, 6) is 0.587. The minimum absolute atomic E-state index is 0.587. The third kappa shape index (κ3) is 3.27. The Balaban J connectivity index is 2.20. The van der Waals surface area contributed by atoms with E-state index in [2.05, 4.69) is 6.07 Å². The van der Waals surface area contributed by atoms with Gasteiger partial charge in [-0.3, -0.25) is 4.21 Å². The number of benzene rings is 2. The van der Waals surface area contributed by atoms with E-state index in [1.807, 2.05) is 56.3 Å². The van der Waals surface area contributed by atoms with Gasteiger partial charge in [0.15, 0.2) is 0 Å². The van der Waals surface area contributed by atoms with E-state index in [4.69, 9.17) is 0 Å². The lowest BCUT2D eigenvalue weighted by Gasteiger charge is -2.05. The van der Waals surface area contributed by atoms with E-state index in [9.17, 15) is 4.21 Å². The smallest absolute Gasteiger partial charge is 0.0574 e. The largest absolute Gasteiger partial charge is 0.254 e. The van der Waals surface area contributed by atoms with Crippen LogP contribution in [0, 0.1) is 13.8 Å².